The van der Waals surface area contributed by atoms with Crippen molar-refractivity contribution < 1.29 is 0 Å². The van der Waals surface area contributed by atoms with Crippen LogP contribution < -0.4 is 5.32 Å². The molecule has 2 unspecified atom stereocenters. The largest absolute Gasteiger partial charge is 0.319 e. The van der Waals surface area contributed by atoms with Crippen molar-refractivity contribution in [3.63, 3.8) is 0 Å². The van der Waals surface area contributed by atoms with Gasteiger partial charge in [0.05, 0.1) is 0 Å². The highest BCUT2D eigenvalue weighted by Gasteiger charge is 2.31. The molecule has 1 N–H and O–H groups in total. The van der Waals surface area contributed by atoms with E-state index in [1.165, 1.54) is 44.1 Å². The van der Waals surface area contributed by atoms with Crippen LogP contribution in [0.2, 0.25) is 0 Å². The van der Waals surface area contributed by atoms with Gasteiger partial charge in [0.15, 0.2) is 0 Å². The van der Waals surface area contributed by atoms with E-state index in [-0.39, 0.29) is 0 Å². The summed E-state index contributed by atoms with van der Waals surface area (Å²) >= 11 is 0. The van der Waals surface area contributed by atoms with Crippen molar-refractivity contribution in [1.82, 2.24) is 5.32 Å². The minimum absolute atomic E-state index is 0.296. The van der Waals surface area contributed by atoms with Crippen LogP contribution >= 0.6 is 0 Å². The van der Waals surface area contributed by atoms with E-state index in [1.807, 2.05) is 0 Å². The minimum Gasteiger partial charge on any atom is -0.319 e. The first-order chi connectivity index (χ1) is 9.72. The molecule has 0 spiro atoms. The van der Waals surface area contributed by atoms with E-state index >= 15 is 0 Å². The van der Waals surface area contributed by atoms with Crippen LogP contribution in [-0.4, -0.2) is 13.6 Å². The molecule has 114 valence electrons. The van der Waals surface area contributed by atoms with Crippen LogP contribution in [0, 0.1) is 5.92 Å². The monoisotopic (exact) mass is 275 g/mol. The van der Waals surface area contributed by atoms with Gasteiger partial charge in [0, 0.05) is 12.0 Å². The maximum atomic E-state index is 3.44. The Bertz CT molecular complexity index is 346. The van der Waals surface area contributed by atoms with Crippen molar-refractivity contribution in [1.29, 1.82) is 0 Å². The fourth-order valence-corrected chi connectivity index (χ4v) is 3.39. The van der Waals surface area contributed by atoms with Gasteiger partial charge in [-0.05, 0) is 31.4 Å². The molecule has 0 fully saturated rings. The summed E-state index contributed by atoms with van der Waals surface area (Å²) in [4.78, 5) is 0. The number of rotatable bonds is 10. The van der Waals surface area contributed by atoms with Gasteiger partial charge in [-0.1, -0.05) is 76.8 Å². The number of benzene rings is 1. The molecular weight excluding hydrogens is 242 g/mol. The lowest BCUT2D eigenvalue weighted by Gasteiger charge is -2.37. The van der Waals surface area contributed by atoms with Crippen LogP contribution in [0.5, 0.6) is 0 Å². The molecule has 0 aliphatic rings. The molecule has 0 amide bonds. The van der Waals surface area contributed by atoms with Crippen molar-refractivity contribution in [2.24, 2.45) is 5.92 Å². The van der Waals surface area contributed by atoms with Crippen molar-refractivity contribution in [3.8, 4) is 0 Å². The predicted octanol–water partition coefficient (Wildman–Crippen LogP) is 5.16. The predicted molar refractivity (Wildman–Crippen MR) is 90.3 cm³/mol. The van der Waals surface area contributed by atoms with Crippen molar-refractivity contribution >= 4 is 0 Å². The van der Waals surface area contributed by atoms with Gasteiger partial charge in [-0.25, -0.2) is 0 Å². The third-order valence-corrected chi connectivity index (χ3v) is 4.80. The number of nitrogens with one attached hydrogen (secondary N) is 1. The Hall–Kier alpha value is -0.820. The molecule has 0 aromatic heterocycles. The second-order valence-electron chi connectivity index (χ2n) is 6.15. The number of unbranched alkanes of at least 4 members (excludes halogenated alkanes) is 1. The second-order valence-corrected chi connectivity index (χ2v) is 6.15. The zero-order valence-electron chi connectivity index (χ0n) is 13.9. The van der Waals surface area contributed by atoms with Gasteiger partial charge in [0.2, 0.25) is 0 Å². The first-order valence-corrected chi connectivity index (χ1v) is 8.42. The molecule has 1 nitrogen and oxygen atoms in total. The second kappa shape index (κ2) is 9.18. The summed E-state index contributed by atoms with van der Waals surface area (Å²) in [6.45, 7) is 8.07. The molecule has 0 saturated heterocycles. The van der Waals surface area contributed by atoms with Gasteiger partial charge >= 0.3 is 0 Å². The first kappa shape index (κ1) is 17.2. The Labute approximate surface area is 126 Å². The lowest BCUT2D eigenvalue weighted by Crippen LogP contribution is -2.38. The maximum Gasteiger partial charge on any atom is 0.00776 e. The summed E-state index contributed by atoms with van der Waals surface area (Å²) in [5, 5.41) is 3.44. The lowest BCUT2D eigenvalue weighted by atomic mass is 9.70. The Morgan fingerprint density at radius 2 is 1.80 bits per heavy atom. The maximum absolute atomic E-state index is 3.44. The molecule has 1 heteroatoms. The molecule has 0 heterocycles. The van der Waals surface area contributed by atoms with Crippen molar-refractivity contribution in [2.75, 3.05) is 13.6 Å². The summed E-state index contributed by atoms with van der Waals surface area (Å²) in [6.07, 6.45) is 7.88. The molecule has 0 bridgehead atoms. The van der Waals surface area contributed by atoms with E-state index < -0.39 is 0 Å². The molecule has 1 aromatic carbocycles. The van der Waals surface area contributed by atoms with Crippen LogP contribution in [0.3, 0.4) is 0 Å². The molecular formula is C19H33N. The number of hydrogen-bond acceptors (Lipinski definition) is 1. The first-order valence-electron chi connectivity index (χ1n) is 8.42. The standard InChI is InChI=1S/C19H33N/c1-5-8-12-17(6-2)15-19(7-3,16-20-4)18-13-10-9-11-14-18/h9-11,13-14,17,20H,5-8,12,15-16H2,1-4H3. The summed E-state index contributed by atoms with van der Waals surface area (Å²) in [7, 11) is 2.08. The third kappa shape index (κ3) is 4.63. The smallest absolute Gasteiger partial charge is 0.00776 e. The molecule has 0 saturated carbocycles. The highest BCUT2D eigenvalue weighted by Crippen LogP contribution is 2.36. The minimum atomic E-state index is 0.296. The van der Waals surface area contributed by atoms with Crippen molar-refractivity contribution in [3.05, 3.63) is 35.9 Å². The van der Waals surface area contributed by atoms with Crippen molar-refractivity contribution in [2.45, 2.75) is 64.7 Å². The fourth-order valence-electron chi connectivity index (χ4n) is 3.39. The quantitative estimate of drug-likeness (QED) is 0.622. The van der Waals surface area contributed by atoms with E-state index in [0.29, 0.717) is 5.41 Å². The average Bonchev–Trinajstić information content (AvgIpc) is 2.51. The zero-order chi connectivity index (χ0) is 14.8. The lowest BCUT2D eigenvalue weighted by molar-refractivity contribution is 0.276. The summed E-state index contributed by atoms with van der Waals surface area (Å²) in [5.74, 6) is 0.850. The van der Waals surface area contributed by atoms with Gasteiger partial charge in [0.25, 0.3) is 0 Å². The highest BCUT2D eigenvalue weighted by molar-refractivity contribution is 5.26. The summed E-state index contributed by atoms with van der Waals surface area (Å²) < 4.78 is 0. The molecule has 2 atom stereocenters. The zero-order valence-corrected chi connectivity index (χ0v) is 13.9. The third-order valence-electron chi connectivity index (χ3n) is 4.80. The van der Waals surface area contributed by atoms with Crippen LogP contribution in [0.4, 0.5) is 0 Å². The molecule has 0 aliphatic carbocycles. The number of likely N-dealkylation sites (N-methyl/N-ethyl adjacent to an activating group) is 1. The van der Waals surface area contributed by atoms with Gasteiger partial charge < -0.3 is 5.32 Å². The molecule has 20 heavy (non-hydrogen) atoms. The Morgan fingerprint density at radius 3 is 2.30 bits per heavy atom. The van der Waals surface area contributed by atoms with Crippen LogP contribution in [-0.2, 0) is 5.41 Å². The van der Waals surface area contributed by atoms with E-state index in [1.54, 1.807) is 0 Å². The Balaban J connectivity index is 2.92. The topological polar surface area (TPSA) is 12.0 Å². The van der Waals surface area contributed by atoms with E-state index in [4.69, 9.17) is 0 Å². The Kier molecular flexibility index (Phi) is 7.91. The average molecular weight is 275 g/mol. The summed E-state index contributed by atoms with van der Waals surface area (Å²) in [5.41, 5.74) is 1.80. The van der Waals surface area contributed by atoms with Crippen LogP contribution in [0.1, 0.15) is 64.9 Å². The normalized spacial score (nSPS) is 15.8. The Morgan fingerprint density at radius 1 is 1.10 bits per heavy atom. The van der Waals surface area contributed by atoms with Gasteiger partial charge in [-0.3, -0.25) is 0 Å². The highest BCUT2D eigenvalue weighted by atomic mass is 14.8. The van der Waals surface area contributed by atoms with E-state index in [9.17, 15) is 0 Å². The van der Waals surface area contributed by atoms with E-state index in [2.05, 4.69) is 63.5 Å². The summed E-state index contributed by atoms with van der Waals surface area (Å²) in [6, 6.07) is 11.1. The van der Waals surface area contributed by atoms with Crippen LogP contribution in [0.25, 0.3) is 0 Å². The fraction of sp³-hybridized carbons (Fsp3) is 0.684. The molecule has 0 radical (unpaired) electrons. The number of hydrogen-bond donors (Lipinski definition) is 1. The van der Waals surface area contributed by atoms with Crippen LogP contribution in [0.15, 0.2) is 30.3 Å². The SMILES string of the molecule is CCCCC(CC)CC(CC)(CNC)c1ccccc1. The van der Waals surface area contributed by atoms with Gasteiger partial charge in [-0.2, -0.15) is 0 Å². The van der Waals surface area contributed by atoms with Gasteiger partial charge in [0.1, 0.15) is 0 Å². The molecule has 0 aliphatic heterocycles. The molecule has 1 aromatic rings. The van der Waals surface area contributed by atoms with E-state index in [0.717, 1.165) is 12.5 Å². The van der Waals surface area contributed by atoms with Gasteiger partial charge in [-0.15, -0.1) is 0 Å². The molecule has 1 rings (SSSR count).